The van der Waals surface area contributed by atoms with Crippen molar-refractivity contribution in [2.24, 2.45) is 0 Å². The topological polar surface area (TPSA) is 108 Å². The molecule has 0 rings (SSSR count). The number of quaternary nitrogens is 1. The Bertz CT molecular complexity index is 1800. The summed E-state index contributed by atoms with van der Waals surface area (Å²) in [5.41, 5.74) is 0. The molecule has 0 saturated carbocycles. The predicted molar refractivity (Wildman–Crippen MR) is 373 cm³/mol. The molecule has 0 fully saturated rings. The molecule has 1 N–H and O–H groups in total. The highest BCUT2D eigenvalue weighted by Crippen LogP contribution is 2.18. The molecule has 9 nitrogen and oxygen atoms in total. The van der Waals surface area contributed by atoms with Crippen molar-refractivity contribution in [2.45, 2.75) is 322 Å². The van der Waals surface area contributed by atoms with Gasteiger partial charge < -0.3 is 28.5 Å². The largest absolute Gasteiger partial charge is 0.477 e. The van der Waals surface area contributed by atoms with Crippen LogP contribution < -0.4 is 0 Å². The van der Waals surface area contributed by atoms with Crippen LogP contribution in [-0.4, -0.2) is 87.4 Å². The van der Waals surface area contributed by atoms with Gasteiger partial charge in [-0.3, -0.25) is 9.59 Å². The van der Waals surface area contributed by atoms with Gasteiger partial charge in [0, 0.05) is 12.8 Å². The summed E-state index contributed by atoms with van der Waals surface area (Å²) in [6.45, 7) is 4.67. The Labute approximate surface area is 536 Å². The van der Waals surface area contributed by atoms with Crippen molar-refractivity contribution in [3.63, 3.8) is 0 Å². The third-order valence-electron chi connectivity index (χ3n) is 15.5. The molecular formula is C78H136NO8+. The van der Waals surface area contributed by atoms with E-state index < -0.39 is 24.3 Å². The van der Waals surface area contributed by atoms with E-state index in [-0.39, 0.29) is 32.2 Å². The number of carboxylic acid groups (broad SMARTS) is 1. The van der Waals surface area contributed by atoms with Crippen LogP contribution >= 0.6 is 0 Å². The second-order valence-corrected chi connectivity index (χ2v) is 25.1. The van der Waals surface area contributed by atoms with Gasteiger partial charge in [0.2, 0.25) is 0 Å². The molecule has 0 aromatic heterocycles. The minimum absolute atomic E-state index is 0.185. The lowest BCUT2D eigenvalue weighted by Crippen LogP contribution is -2.40. The van der Waals surface area contributed by atoms with Gasteiger partial charge in [-0.1, -0.05) is 309 Å². The fourth-order valence-corrected chi connectivity index (χ4v) is 10.1. The predicted octanol–water partition coefficient (Wildman–Crippen LogP) is 22.6. The van der Waals surface area contributed by atoms with Crippen molar-refractivity contribution in [3.05, 3.63) is 109 Å². The number of carboxylic acids is 1. The molecule has 0 aliphatic rings. The zero-order valence-electron chi connectivity index (χ0n) is 57.2. The van der Waals surface area contributed by atoms with Gasteiger partial charge in [-0.25, -0.2) is 4.79 Å². The van der Waals surface area contributed by atoms with Crippen molar-refractivity contribution in [3.8, 4) is 0 Å². The third kappa shape index (κ3) is 69.3. The van der Waals surface area contributed by atoms with E-state index >= 15 is 0 Å². The highest BCUT2D eigenvalue weighted by atomic mass is 16.7. The van der Waals surface area contributed by atoms with Gasteiger partial charge in [0.05, 0.1) is 34.4 Å². The lowest BCUT2D eigenvalue weighted by atomic mass is 10.0. The molecule has 2 atom stereocenters. The molecule has 0 amide bonds. The fourth-order valence-electron chi connectivity index (χ4n) is 10.1. The van der Waals surface area contributed by atoms with Gasteiger partial charge in [-0.05, 0) is 96.3 Å². The summed E-state index contributed by atoms with van der Waals surface area (Å²) in [6.07, 6.45) is 92.1. The Balaban J connectivity index is 4.03. The molecule has 0 aliphatic heterocycles. The first kappa shape index (κ1) is 83.0. The number of aliphatic carboxylic acids is 1. The zero-order chi connectivity index (χ0) is 63.3. The monoisotopic (exact) mass is 1220 g/mol. The van der Waals surface area contributed by atoms with Crippen LogP contribution in [0.15, 0.2) is 109 Å². The Morgan fingerprint density at radius 2 is 0.621 bits per heavy atom. The summed E-state index contributed by atoms with van der Waals surface area (Å²) in [7, 11) is 5.98. The first-order valence-corrected chi connectivity index (χ1v) is 36.1. The quantitative estimate of drug-likeness (QED) is 0.0211. The number of hydrogen-bond donors (Lipinski definition) is 1. The first-order chi connectivity index (χ1) is 42.6. The van der Waals surface area contributed by atoms with Crippen LogP contribution in [0.1, 0.15) is 309 Å². The standard InChI is InChI=1S/C78H135NO8/c1-6-8-10-12-14-16-18-20-22-24-26-28-30-31-32-33-34-35-36-37-38-39-40-41-42-43-44-45-47-49-51-53-55-57-59-61-63-65-67-69-76(81)87-74(73-86-78(77(82)83)84-71-70-79(3,4)5)72-85-75(80)68-66-64-62-60-58-56-54-52-50-48-46-29-27-25-23-21-19-17-15-13-11-9-7-2/h8-11,14-17,20-23,26-29,31-32,74,78H,6-7,12-13,18-19,24-25,30,33-73H2,1-5H3/p+1/b10-8-,11-9-,16-14-,17-15-,22-20-,23-21-,28-26-,29-27-,32-31-. The summed E-state index contributed by atoms with van der Waals surface area (Å²) < 4.78 is 23.0. The van der Waals surface area contributed by atoms with Crippen LogP contribution in [0.25, 0.3) is 0 Å². The second kappa shape index (κ2) is 67.9. The lowest BCUT2D eigenvalue weighted by Gasteiger charge is -2.25. The molecule has 0 aliphatic carbocycles. The first-order valence-electron chi connectivity index (χ1n) is 36.1. The average Bonchev–Trinajstić information content (AvgIpc) is 3.55. The number of likely N-dealkylation sites (N-methyl/N-ethyl adjacent to an activating group) is 1. The summed E-state index contributed by atoms with van der Waals surface area (Å²) >= 11 is 0. The van der Waals surface area contributed by atoms with E-state index in [0.717, 1.165) is 103 Å². The number of unbranched alkanes of at least 4 members (excludes halogenated alkanes) is 33. The van der Waals surface area contributed by atoms with Gasteiger partial charge in [-0.2, -0.15) is 0 Å². The van der Waals surface area contributed by atoms with E-state index in [0.29, 0.717) is 17.4 Å². The lowest BCUT2D eigenvalue weighted by molar-refractivity contribution is -0.870. The Hall–Kier alpha value is -4.05. The van der Waals surface area contributed by atoms with Gasteiger partial charge in [0.15, 0.2) is 6.10 Å². The van der Waals surface area contributed by atoms with Crippen molar-refractivity contribution in [1.82, 2.24) is 0 Å². The number of esters is 2. The molecular weight excluding hydrogens is 1080 g/mol. The number of hydrogen-bond acceptors (Lipinski definition) is 7. The number of rotatable bonds is 66. The van der Waals surface area contributed by atoms with Crippen molar-refractivity contribution in [1.29, 1.82) is 0 Å². The number of carbonyl (C=O) groups excluding carboxylic acids is 2. The van der Waals surface area contributed by atoms with Gasteiger partial charge in [0.1, 0.15) is 13.2 Å². The number of ether oxygens (including phenoxy) is 4. The zero-order valence-corrected chi connectivity index (χ0v) is 57.2. The highest BCUT2D eigenvalue weighted by molar-refractivity contribution is 5.71. The number of allylic oxidation sites excluding steroid dienone is 18. The van der Waals surface area contributed by atoms with Crippen LogP contribution in [0.4, 0.5) is 0 Å². The van der Waals surface area contributed by atoms with E-state index in [9.17, 15) is 19.5 Å². The molecule has 0 spiro atoms. The van der Waals surface area contributed by atoms with Crippen LogP contribution in [0.2, 0.25) is 0 Å². The summed E-state index contributed by atoms with van der Waals surface area (Å²) in [6, 6.07) is 0. The van der Waals surface area contributed by atoms with Crippen molar-refractivity contribution < 1.29 is 42.9 Å². The Morgan fingerprint density at radius 3 is 0.920 bits per heavy atom. The van der Waals surface area contributed by atoms with Crippen LogP contribution in [-0.2, 0) is 33.3 Å². The molecule has 2 unspecified atom stereocenters. The molecule has 0 bridgehead atoms. The second-order valence-electron chi connectivity index (χ2n) is 25.1. The van der Waals surface area contributed by atoms with Crippen molar-refractivity contribution >= 4 is 17.9 Å². The number of nitrogens with zero attached hydrogens (tertiary/aromatic N) is 1. The summed E-state index contributed by atoms with van der Waals surface area (Å²) in [5, 5.41) is 9.75. The smallest absolute Gasteiger partial charge is 0.361 e. The molecule has 0 aromatic rings. The molecule has 0 heterocycles. The number of carbonyl (C=O) groups is 3. The van der Waals surface area contributed by atoms with Crippen molar-refractivity contribution in [2.75, 3.05) is 47.5 Å². The van der Waals surface area contributed by atoms with Crippen LogP contribution in [0, 0.1) is 0 Å². The third-order valence-corrected chi connectivity index (χ3v) is 15.5. The normalized spacial score (nSPS) is 13.3. The molecule has 0 saturated heterocycles. The van der Waals surface area contributed by atoms with Gasteiger partial charge in [0.25, 0.3) is 6.29 Å². The maximum absolute atomic E-state index is 13.0. The highest BCUT2D eigenvalue weighted by Gasteiger charge is 2.25. The molecule has 500 valence electrons. The molecule has 87 heavy (non-hydrogen) atoms. The maximum Gasteiger partial charge on any atom is 0.361 e. The Morgan fingerprint density at radius 1 is 0.345 bits per heavy atom. The van der Waals surface area contributed by atoms with E-state index in [4.69, 9.17) is 18.9 Å². The average molecular weight is 1220 g/mol. The van der Waals surface area contributed by atoms with E-state index in [1.807, 2.05) is 21.1 Å². The van der Waals surface area contributed by atoms with Crippen LogP contribution in [0.5, 0.6) is 0 Å². The Kier molecular flexibility index (Phi) is 64.7. The van der Waals surface area contributed by atoms with Gasteiger partial charge >= 0.3 is 17.9 Å². The fraction of sp³-hybridized carbons (Fsp3) is 0.731. The summed E-state index contributed by atoms with van der Waals surface area (Å²) in [4.78, 5) is 37.6. The maximum atomic E-state index is 13.0. The molecule has 0 radical (unpaired) electrons. The minimum atomic E-state index is -1.52. The van der Waals surface area contributed by atoms with Gasteiger partial charge in [-0.15, -0.1) is 0 Å². The SMILES string of the molecule is CC/C=C\C/C=C\C/C=C\C/C=C\C/C=C\CCCCCCCCCCCCCCCCCCCCCCCCCC(=O)OC(COC(=O)CCCCCCCCCCCC/C=C\C/C=C\C/C=C\C/C=C\CC)COC(OCC[N+](C)(C)C)C(=O)O. The summed E-state index contributed by atoms with van der Waals surface area (Å²) in [5.74, 6) is -2.00. The minimum Gasteiger partial charge on any atom is -0.477 e. The van der Waals surface area contributed by atoms with E-state index in [1.165, 1.54) is 180 Å². The van der Waals surface area contributed by atoms with E-state index in [2.05, 4.69) is 123 Å². The molecule has 9 heteroatoms. The molecule has 0 aromatic carbocycles. The van der Waals surface area contributed by atoms with E-state index in [1.54, 1.807) is 0 Å². The van der Waals surface area contributed by atoms with Crippen LogP contribution in [0.3, 0.4) is 0 Å².